The van der Waals surface area contributed by atoms with Crippen molar-refractivity contribution in [2.45, 2.75) is 26.9 Å². The van der Waals surface area contributed by atoms with E-state index in [-0.39, 0.29) is 6.03 Å². The van der Waals surface area contributed by atoms with Gasteiger partial charge in [-0.1, -0.05) is 29.8 Å². The summed E-state index contributed by atoms with van der Waals surface area (Å²) < 4.78 is 0. The first-order valence-corrected chi connectivity index (χ1v) is 7.51. The SMILES string of the molecule is Cc1cccc(CNC(=O)N(C)Cc2sccc2C)c1. The molecule has 2 aromatic rings. The fraction of sp³-hybridized carbons (Fsp3) is 0.312. The van der Waals surface area contributed by atoms with Crippen molar-refractivity contribution >= 4 is 17.4 Å². The lowest BCUT2D eigenvalue weighted by Gasteiger charge is -2.18. The average Bonchev–Trinajstić information content (AvgIpc) is 2.81. The van der Waals surface area contributed by atoms with Gasteiger partial charge in [-0.05, 0) is 36.4 Å². The van der Waals surface area contributed by atoms with E-state index in [0.717, 1.165) is 5.56 Å². The quantitative estimate of drug-likeness (QED) is 0.914. The summed E-state index contributed by atoms with van der Waals surface area (Å²) in [5.41, 5.74) is 3.58. The molecule has 2 rings (SSSR count). The Hall–Kier alpha value is -1.81. The van der Waals surface area contributed by atoms with Gasteiger partial charge in [-0.25, -0.2) is 4.79 Å². The summed E-state index contributed by atoms with van der Waals surface area (Å²) in [6.07, 6.45) is 0. The van der Waals surface area contributed by atoms with E-state index in [1.54, 1.807) is 16.2 Å². The van der Waals surface area contributed by atoms with E-state index in [1.165, 1.54) is 16.0 Å². The van der Waals surface area contributed by atoms with Gasteiger partial charge in [-0.15, -0.1) is 11.3 Å². The third kappa shape index (κ3) is 3.84. The van der Waals surface area contributed by atoms with Crippen LogP contribution in [0.15, 0.2) is 35.7 Å². The molecule has 1 heterocycles. The summed E-state index contributed by atoms with van der Waals surface area (Å²) in [6, 6.07) is 10.2. The molecule has 1 aromatic carbocycles. The third-order valence-electron chi connectivity index (χ3n) is 3.22. The first-order chi connectivity index (χ1) is 9.56. The summed E-state index contributed by atoms with van der Waals surface area (Å²) in [7, 11) is 1.82. The number of thiophene rings is 1. The summed E-state index contributed by atoms with van der Waals surface area (Å²) in [5.74, 6) is 0. The highest BCUT2D eigenvalue weighted by atomic mass is 32.1. The smallest absolute Gasteiger partial charge is 0.317 e. The van der Waals surface area contributed by atoms with E-state index >= 15 is 0 Å². The Morgan fingerprint density at radius 3 is 2.75 bits per heavy atom. The number of nitrogens with one attached hydrogen (secondary N) is 1. The largest absolute Gasteiger partial charge is 0.334 e. The van der Waals surface area contributed by atoms with Gasteiger partial charge in [0.15, 0.2) is 0 Å². The van der Waals surface area contributed by atoms with Crippen LogP contribution >= 0.6 is 11.3 Å². The molecular weight excluding hydrogens is 268 g/mol. The van der Waals surface area contributed by atoms with E-state index in [2.05, 4.69) is 42.7 Å². The van der Waals surface area contributed by atoms with Gasteiger partial charge < -0.3 is 10.2 Å². The molecular formula is C16H20N2OS. The topological polar surface area (TPSA) is 32.3 Å². The van der Waals surface area contributed by atoms with Crippen LogP contribution in [0, 0.1) is 13.8 Å². The zero-order valence-corrected chi connectivity index (χ0v) is 13.0. The molecule has 0 fully saturated rings. The zero-order chi connectivity index (χ0) is 14.5. The van der Waals surface area contributed by atoms with Crippen LogP contribution in [0.25, 0.3) is 0 Å². The fourth-order valence-electron chi connectivity index (χ4n) is 1.99. The van der Waals surface area contributed by atoms with Gasteiger partial charge in [0.25, 0.3) is 0 Å². The van der Waals surface area contributed by atoms with Gasteiger partial charge in [-0.2, -0.15) is 0 Å². The number of carbonyl (C=O) groups excluding carboxylic acids is 1. The maximum Gasteiger partial charge on any atom is 0.317 e. The molecule has 0 spiro atoms. The van der Waals surface area contributed by atoms with Gasteiger partial charge in [0.1, 0.15) is 0 Å². The van der Waals surface area contributed by atoms with Crippen LogP contribution in [-0.2, 0) is 13.1 Å². The number of amides is 2. The first kappa shape index (κ1) is 14.6. The minimum atomic E-state index is -0.0423. The second-order valence-electron chi connectivity index (χ2n) is 5.03. The third-order valence-corrected chi connectivity index (χ3v) is 4.23. The second kappa shape index (κ2) is 6.57. The Morgan fingerprint density at radius 1 is 1.30 bits per heavy atom. The van der Waals surface area contributed by atoms with Crippen LogP contribution in [0.1, 0.15) is 21.6 Å². The first-order valence-electron chi connectivity index (χ1n) is 6.64. The predicted molar refractivity (Wildman–Crippen MR) is 83.9 cm³/mol. The summed E-state index contributed by atoms with van der Waals surface area (Å²) >= 11 is 1.69. The Morgan fingerprint density at radius 2 is 2.10 bits per heavy atom. The molecule has 0 saturated heterocycles. The van der Waals surface area contributed by atoms with Crippen LogP contribution in [0.4, 0.5) is 4.79 Å². The van der Waals surface area contributed by atoms with Crippen molar-refractivity contribution in [3.8, 4) is 0 Å². The molecule has 0 aliphatic heterocycles. The van der Waals surface area contributed by atoms with Crippen molar-refractivity contribution in [1.82, 2.24) is 10.2 Å². The predicted octanol–water partition coefficient (Wildman–Crippen LogP) is 3.71. The molecule has 3 nitrogen and oxygen atoms in total. The Kier molecular flexibility index (Phi) is 4.79. The number of carbonyl (C=O) groups is 1. The molecule has 1 aromatic heterocycles. The van der Waals surface area contributed by atoms with E-state index in [1.807, 2.05) is 19.2 Å². The van der Waals surface area contributed by atoms with Crippen molar-refractivity contribution in [2.75, 3.05) is 7.05 Å². The van der Waals surface area contributed by atoms with Gasteiger partial charge >= 0.3 is 6.03 Å². The minimum absolute atomic E-state index is 0.0423. The van der Waals surface area contributed by atoms with Crippen LogP contribution in [-0.4, -0.2) is 18.0 Å². The lowest BCUT2D eigenvalue weighted by atomic mass is 10.1. The summed E-state index contributed by atoms with van der Waals surface area (Å²) in [5, 5.41) is 5.01. The van der Waals surface area contributed by atoms with Crippen LogP contribution in [0.2, 0.25) is 0 Å². The highest BCUT2D eigenvalue weighted by Crippen LogP contribution is 2.17. The summed E-state index contributed by atoms with van der Waals surface area (Å²) in [6.45, 7) is 5.35. The maximum absolute atomic E-state index is 12.1. The molecule has 0 atom stereocenters. The standard InChI is InChI=1S/C16H20N2OS/c1-12-5-4-6-14(9-12)10-17-16(19)18(3)11-15-13(2)7-8-20-15/h4-9H,10-11H2,1-3H3,(H,17,19). The van der Waals surface area contributed by atoms with Gasteiger partial charge in [0, 0.05) is 18.5 Å². The molecule has 4 heteroatoms. The Bertz CT molecular complexity index is 592. The van der Waals surface area contributed by atoms with E-state index in [4.69, 9.17) is 0 Å². The molecule has 0 aliphatic carbocycles. The van der Waals surface area contributed by atoms with Crippen molar-refractivity contribution in [3.05, 3.63) is 57.3 Å². The summed E-state index contributed by atoms with van der Waals surface area (Å²) in [4.78, 5) is 15.0. The van der Waals surface area contributed by atoms with E-state index < -0.39 is 0 Å². The minimum Gasteiger partial charge on any atom is -0.334 e. The normalized spacial score (nSPS) is 10.3. The monoisotopic (exact) mass is 288 g/mol. The highest BCUT2D eigenvalue weighted by Gasteiger charge is 2.10. The molecule has 0 bridgehead atoms. The van der Waals surface area contributed by atoms with Crippen LogP contribution < -0.4 is 5.32 Å². The molecule has 0 radical (unpaired) electrons. The van der Waals surface area contributed by atoms with Gasteiger partial charge in [-0.3, -0.25) is 0 Å². The van der Waals surface area contributed by atoms with Crippen molar-refractivity contribution in [3.63, 3.8) is 0 Å². The lowest BCUT2D eigenvalue weighted by Crippen LogP contribution is -2.36. The number of benzene rings is 1. The zero-order valence-electron chi connectivity index (χ0n) is 12.1. The average molecular weight is 288 g/mol. The molecule has 1 N–H and O–H groups in total. The van der Waals surface area contributed by atoms with Crippen LogP contribution in [0.5, 0.6) is 0 Å². The number of nitrogens with zero attached hydrogens (tertiary/aromatic N) is 1. The van der Waals surface area contributed by atoms with Gasteiger partial charge in [0.05, 0.1) is 6.54 Å². The lowest BCUT2D eigenvalue weighted by molar-refractivity contribution is 0.207. The molecule has 106 valence electrons. The fourth-order valence-corrected chi connectivity index (χ4v) is 2.95. The molecule has 0 aliphatic rings. The van der Waals surface area contributed by atoms with E-state index in [0.29, 0.717) is 13.1 Å². The molecule has 0 saturated carbocycles. The maximum atomic E-state index is 12.1. The number of aryl methyl sites for hydroxylation is 2. The second-order valence-corrected chi connectivity index (χ2v) is 6.03. The Labute approximate surface area is 124 Å². The Balaban J connectivity index is 1.87. The number of hydrogen-bond acceptors (Lipinski definition) is 2. The highest BCUT2D eigenvalue weighted by molar-refractivity contribution is 7.10. The number of rotatable bonds is 4. The van der Waals surface area contributed by atoms with Crippen molar-refractivity contribution in [1.29, 1.82) is 0 Å². The van der Waals surface area contributed by atoms with E-state index in [9.17, 15) is 4.79 Å². The van der Waals surface area contributed by atoms with Gasteiger partial charge in [0.2, 0.25) is 0 Å². The van der Waals surface area contributed by atoms with Crippen LogP contribution in [0.3, 0.4) is 0 Å². The number of urea groups is 1. The molecule has 20 heavy (non-hydrogen) atoms. The molecule has 0 unspecified atom stereocenters. The van der Waals surface area contributed by atoms with Crippen molar-refractivity contribution in [2.24, 2.45) is 0 Å². The number of hydrogen-bond donors (Lipinski definition) is 1. The molecule has 2 amide bonds. The van der Waals surface area contributed by atoms with Crippen molar-refractivity contribution < 1.29 is 4.79 Å².